The summed E-state index contributed by atoms with van der Waals surface area (Å²) in [7, 11) is 1.87. The highest BCUT2D eigenvalue weighted by Gasteiger charge is 2.56. The lowest BCUT2D eigenvalue weighted by molar-refractivity contribution is -0.274. The molecule has 1 heterocycles. The Morgan fingerprint density at radius 2 is 1.66 bits per heavy atom. The Kier molecular flexibility index (Phi) is 5.53. The summed E-state index contributed by atoms with van der Waals surface area (Å²) in [5.41, 5.74) is -2.18. The van der Waals surface area contributed by atoms with E-state index in [9.17, 15) is 18.3 Å². The fourth-order valence-corrected chi connectivity index (χ4v) is 4.15. The van der Waals surface area contributed by atoms with Crippen LogP contribution < -0.4 is 9.47 Å². The first-order valence-electron chi connectivity index (χ1n) is 9.18. The molecule has 158 valence electrons. The third-order valence-electron chi connectivity index (χ3n) is 5.26. The molecule has 0 bridgehead atoms. The molecule has 1 saturated heterocycles. The summed E-state index contributed by atoms with van der Waals surface area (Å²) in [6, 6.07) is 9.14. The van der Waals surface area contributed by atoms with Crippen molar-refractivity contribution < 1.29 is 32.1 Å². The van der Waals surface area contributed by atoms with Gasteiger partial charge in [0.05, 0.1) is 6.61 Å². The van der Waals surface area contributed by atoms with Gasteiger partial charge >= 0.3 is 6.36 Å². The molecule has 2 aromatic carbocycles. The predicted molar refractivity (Wildman–Crippen MR) is 99.3 cm³/mol. The molecule has 4 nitrogen and oxygen atoms in total. The van der Waals surface area contributed by atoms with Crippen molar-refractivity contribution in [2.75, 3.05) is 26.7 Å². The number of benzene rings is 2. The number of ether oxygens (including phenoxy) is 2. The fourth-order valence-electron chi connectivity index (χ4n) is 4.15. The van der Waals surface area contributed by atoms with Gasteiger partial charge < -0.3 is 19.5 Å². The molecular weight excluding hydrogens is 390 g/mol. The van der Waals surface area contributed by atoms with Gasteiger partial charge in [0.25, 0.3) is 0 Å². The van der Waals surface area contributed by atoms with Gasteiger partial charge in [-0.05, 0) is 43.8 Å². The van der Waals surface area contributed by atoms with Crippen LogP contribution in [-0.4, -0.2) is 43.1 Å². The average Bonchev–Trinajstić information content (AvgIpc) is 2.59. The van der Waals surface area contributed by atoms with E-state index in [1.165, 1.54) is 24.3 Å². The highest BCUT2D eigenvalue weighted by molar-refractivity contribution is 5.44. The van der Waals surface area contributed by atoms with Crippen LogP contribution in [0.3, 0.4) is 0 Å². The van der Waals surface area contributed by atoms with Crippen molar-refractivity contribution in [3.63, 3.8) is 0 Å². The molecule has 1 N–H and O–H groups in total. The highest BCUT2D eigenvalue weighted by atomic mass is 19.4. The summed E-state index contributed by atoms with van der Waals surface area (Å²) >= 11 is 0. The van der Waals surface area contributed by atoms with Gasteiger partial charge in [0.2, 0.25) is 0 Å². The van der Waals surface area contributed by atoms with Crippen molar-refractivity contribution in [1.82, 2.24) is 4.90 Å². The number of hydrogen-bond donors (Lipinski definition) is 1. The minimum absolute atomic E-state index is 0.0426. The third-order valence-corrected chi connectivity index (χ3v) is 5.26. The molecule has 1 atom stereocenters. The van der Waals surface area contributed by atoms with E-state index in [4.69, 9.17) is 4.74 Å². The first-order chi connectivity index (χ1) is 13.5. The SMILES string of the molecule is CCOc1ccc([C@@](O)(c2ccc(OC(F)(F)F)cc2)C2(C)CN(C)C2)c(F)c1. The maximum atomic E-state index is 15.0. The van der Waals surface area contributed by atoms with Crippen LogP contribution in [0.4, 0.5) is 17.6 Å². The van der Waals surface area contributed by atoms with Crippen molar-refractivity contribution >= 4 is 0 Å². The molecule has 8 heteroatoms. The molecule has 0 spiro atoms. The summed E-state index contributed by atoms with van der Waals surface area (Å²) < 4.78 is 61.6. The van der Waals surface area contributed by atoms with Crippen LogP contribution in [0, 0.1) is 11.2 Å². The Balaban J connectivity index is 2.06. The number of nitrogens with zero attached hydrogens (tertiary/aromatic N) is 1. The molecule has 29 heavy (non-hydrogen) atoms. The maximum absolute atomic E-state index is 15.0. The Labute approximate surface area is 166 Å². The van der Waals surface area contributed by atoms with Crippen LogP contribution in [0.5, 0.6) is 11.5 Å². The summed E-state index contributed by atoms with van der Waals surface area (Å²) in [6.45, 7) is 4.93. The molecule has 1 aliphatic rings. The maximum Gasteiger partial charge on any atom is 0.573 e. The molecule has 3 rings (SSSR count). The molecule has 1 fully saturated rings. The van der Waals surface area contributed by atoms with E-state index < -0.39 is 28.9 Å². The van der Waals surface area contributed by atoms with Crippen LogP contribution in [0.2, 0.25) is 0 Å². The van der Waals surface area contributed by atoms with E-state index in [2.05, 4.69) is 4.74 Å². The molecule has 0 unspecified atom stereocenters. The molecule has 0 amide bonds. The van der Waals surface area contributed by atoms with Gasteiger partial charge in [0.15, 0.2) is 0 Å². The van der Waals surface area contributed by atoms with E-state index in [0.717, 1.165) is 12.1 Å². The van der Waals surface area contributed by atoms with E-state index in [1.54, 1.807) is 13.0 Å². The second kappa shape index (κ2) is 7.50. The van der Waals surface area contributed by atoms with Crippen LogP contribution in [0.25, 0.3) is 0 Å². The Morgan fingerprint density at radius 1 is 1.07 bits per heavy atom. The van der Waals surface area contributed by atoms with Crippen LogP contribution in [0.15, 0.2) is 42.5 Å². The summed E-state index contributed by atoms with van der Waals surface area (Å²) in [6.07, 6.45) is -4.82. The summed E-state index contributed by atoms with van der Waals surface area (Å²) in [5.74, 6) is -0.725. The lowest BCUT2D eigenvalue weighted by Crippen LogP contribution is -2.63. The van der Waals surface area contributed by atoms with E-state index >= 15 is 4.39 Å². The number of halogens is 4. The zero-order valence-corrected chi connectivity index (χ0v) is 16.4. The molecule has 0 aromatic heterocycles. The largest absolute Gasteiger partial charge is 0.573 e. The molecule has 0 aliphatic carbocycles. The molecule has 2 aromatic rings. The zero-order valence-electron chi connectivity index (χ0n) is 16.4. The Bertz CT molecular complexity index is 863. The number of alkyl halides is 3. The third kappa shape index (κ3) is 4.04. The normalized spacial score (nSPS) is 18.6. The van der Waals surface area contributed by atoms with Gasteiger partial charge in [-0.3, -0.25) is 0 Å². The van der Waals surface area contributed by atoms with Crippen molar-refractivity contribution in [1.29, 1.82) is 0 Å². The lowest BCUT2D eigenvalue weighted by Gasteiger charge is -2.56. The van der Waals surface area contributed by atoms with Crippen molar-refractivity contribution in [3.05, 3.63) is 59.4 Å². The smallest absolute Gasteiger partial charge is 0.494 e. The number of rotatable bonds is 6. The van der Waals surface area contributed by atoms with Gasteiger partial charge in [-0.2, -0.15) is 0 Å². The van der Waals surface area contributed by atoms with E-state index in [1.807, 2.05) is 18.9 Å². The predicted octanol–water partition coefficient (Wildman–Crippen LogP) is 4.31. The zero-order chi connectivity index (χ0) is 21.4. The second-order valence-corrected chi connectivity index (χ2v) is 7.59. The quantitative estimate of drug-likeness (QED) is 0.717. The van der Waals surface area contributed by atoms with Gasteiger partial charge in [-0.1, -0.05) is 19.1 Å². The van der Waals surface area contributed by atoms with Gasteiger partial charge in [0, 0.05) is 30.1 Å². The van der Waals surface area contributed by atoms with Gasteiger partial charge in [0.1, 0.15) is 22.9 Å². The molecular formula is C21H23F4NO3. The van der Waals surface area contributed by atoms with Crippen molar-refractivity contribution in [3.8, 4) is 11.5 Å². The monoisotopic (exact) mass is 413 g/mol. The Hall–Kier alpha value is -2.32. The van der Waals surface area contributed by atoms with E-state index in [-0.39, 0.29) is 11.1 Å². The summed E-state index contributed by atoms with van der Waals surface area (Å²) in [4.78, 5) is 1.97. The number of aliphatic hydroxyl groups is 1. The first-order valence-corrected chi connectivity index (χ1v) is 9.18. The number of likely N-dealkylation sites (tertiary alicyclic amines) is 1. The van der Waals surface area contributed by atoms with Crippen LogP contribution in [0.1, 0.15) is 25.0 Å². The Morgan fingerprint density at radius 3 is 2.14 bits per heavy atom. The molecule has 0 radical (unpaired) electrons. The number of hydrogen-bond acceptors (Lipinski definition) is 4. The van der Waals surface area contributed by atoms with Crippen molar-refractivity contribution in [2.45, 2.75) is 25.8 Å². The van der Waals surface area contributed by atoms with Gasteiger partial charge in [-0.25, -0.2) is 4.39 Å². The second-order valence-electron chi connectivity index (χ2n) is 7.59. The minimum atomic E-state index is -4.82. The highest BCUT2D eigenvalue weighted by Crippen LogP contribution is 2.51. The average molecular weight is 413 g/mol. The lowest BCUT2D eigenvalue weighted by atomic mass is 9.62. The molecule has 1 aliphatic heterocycles. The molecule has 0 saturated carbocycles. The van der Waals surface area contributed by atoms with Crippen LogP contribution in [-0.2, 0) is 5.60 Å². The minimum Gasteiger partial charge on any atom is -0.494 e. The topological polar surface area (TPSA) is 41.9 Å². The van der Waals surface area contributed by atoms with E-state index in [0.29, 0.717) is 25.4 Å². The van der Waals surface area contributed by atoms with Crippen LogP contribution >= 0.6 is 0 Å². The van der Waals surface area contributed by atoms with Gasteiger partial charge in [-0.15, -0.1) is 13.2 Å². The summed E-state index contributed by atoms with van der Waals surface area (Å²) in [5, 5.41) is 11.8. The fraction of sp³-hybridized carbons (Fsp3) is 0.429. The standard InChI is InChI=1S/C21H23F4NO3/c1-4-28-16-9-10-17(18(22)11-16)20(27,19(2)12-26(3)13-19)14-5-7-15(8-6-14)29-21(23,24)25/h5-11,27H,4,12-13H2,1-3H3/t20-/m0/s1. The first kappa shape index (κ1) is 21.4. The van der Waals surface area contributed by atoms with Crippen molar-refractivity contribution in [2.24, 2.45) is 5.41 Å².